The molecule has 2 heteroatoms. The summed E-state index contributed by atoms with van der Waals surface area (Å²) in [4.78, 5) is 0. The second-order valence-electron chi connectivity index (χ2n) is 12.0. The van der Waals surface area contributed by atoms with E-state index < -0.39 is 0 Å². The first-order valence-electron chi connectivity index (χ1n) is 15.7. The molecule has 0 saturated carbocycles. The molecule has 2 heterocycles. The van der Waals surface area contributed by atoms with E-state index in [-0.39, 0.29) is 0 Å². The molecule has 0 aliphatic carbocycles. The Morgan fingerprint density at radius 2 is 0.935 bits per heavy atom. The molecule has 214 valence electrons. The lowest BCUT2D eigenvalue weighted by Crippen LogP contribution is -1.91. The van der Waals surface area contributed by atoms with Crippen molar-refractivity contribution in [1.82, 2.24) is 0 Å². The standard InChI is InChI=1S/C44H26O2/c1-2-13-27(14-3-1)40-31-18-4-6-20-33(31)41(34-21-7-5-19-32(34)40)29-16-12-15-28(25-29)36-26-37-30-17-8-10-23-38(30)45-44(37)42-35-22-9-11-24-39(35)46-43(36)42/h1-26H/p+1. The first-order valence-corrected chi connectivity index (χ1v) is 15.7. The van der Waals surface area contributed by atoms with Crippen molar-refractivity contribution in [2.24, 2.45) is 0 Å². The summed E-state index contributed by atoms with van der Waals surface area (Å²) in [5, 5.41) is 9.43. The minimum Gasteiger partial charge on any atom is -0.545 e. The average molecular weight is 588 g/mol. The third-order valence-corrected chi connectivity index (χ3v) is 9.50. The van der Waals surface area contributed by atoms with E-state index >= 15 is 0 Å². The van der Waals surface area contributed by atoms with Gasteiger partial charge in [0.25, 0.3) is 11.2 Å². The average Bonchev–Trinajstić information content (AvgIpc) is 3.69. The van der Waals surface area contributed by atoms with E-state index in [4.69, 9.17) is 8.83 Å². The van der Waals surface area contributed by atoms with Gasteiger partial charge in [-0.15, -0.1) is 0 Å². The molecule has 2 nitrogen and oxygen atoms in total. The van der Waals surface area contributed by atoms with E-state index in [0.29, 0.717) is 0 Å². The summed E-state index contributed by atoms with van der Waals surface area (Å²) in [6, 6.07) is 56.4. The number of benzene rings is 8. The van der Waals surface area contributed by atoms with E-state index in [0.717, 1.165) is 55.0 Å². The van der Waals surface area contributed by atoms with Crippen LogP contribution in [-0.2, 0) is 0 Å². The fraction of sp³-hybridized carbons (Fsp3) is 0. The Hall–Kier alpha value is -6.12. The molecule has 1 N–H and O–H groups in total. The van der Waals surface area contributed by atoms with Gasteiger partial charge in [-0.25, -0.2) is 0 Å². The molecule has 0 aliphatic rings. The van der Waals surface area contributed by atoms with Gasteiger partial charge < -0.3 is 8.83 Å². The van der Waals surface area contributed by atoms with Crippen LogP contribution in [0, 0.1) is 0 Å². The maximum atomic E-state index is 6.52. The summed E-state index contributed by atoms with van der Waals surface area (Å²) in [6.07, 6.45) is 0. The summed E-state index contributed by atoms with van der Waals surface area (Å²) < 4.78 is 11.7. The van der Waals surface area contributed by atoms with Crippen LogP contribution in [-0.4, -0.2) is 0 Å². The predicted octanol–water partition coefficient (Wildman–Crippen LogP) is 12.9. The lowest BCUT2D eigenvalue weighted by molar-refractivity contribution is 0.663. The van der Waals surface area contributed by atoms with Crippen molar-refractivity contribution in [3.63, 3.8) is 0 Å². The second kappa shape index (κ2) is 9.69. The topological polar surface area (TPSA) is 25.9 Å². The molecule has 0 spiro atoms. The Kier molecular flexibility index (Phi) is 5.31. The number of hydrogen-bond acceptors (Lipinski definition) is 1. The van der Waals surface area contributed by atoms with Crippen LogP contribution in [0.2, 0.25) is 0 Å². The van der Waals surface area contributed by atoms with E-state index in [1.807, 2.05) is 6.07 Å². The van der Waals surface area contributed by atoms with Crippen molar-refractivity contribution in [3.8, 4) is 33.4 Å². The van der Waals surface area contributed by atoms with Gasteiger partial charge in [-0.2, -0.15) is 0 Å². The Bertz CT molecular complexity index is 2740. The van der Waals surface area contributed by atoms with Crippen molar-refractivity contribution >= 4 is 65.4 Å². The zero-order valence-electron chi connectivity index (χ0n) is 24.9. The minimum atomic E-state index is 0.895. The van der Waals surface area contributed by atoms with Gasteiger partial charge in [-0.3, -0.25) is 0 Å². The first kappa shape index (κ1) is 25.2. The van der Waals surface area contributed by atoms with E-state index in [2.05, 4.69) is 152 Å². The maximum absolute atomic E-state index is 6.52. The molecule has 0 saturated heterocycles. The Balaban J connectivity index is 1.29. The summed E-state index contributed by atoms with van der Waals surface area (Å²) in [5.41, 5.74) is 10.9. The van der Waals surface area contributed by atoms with Crippen molar-refractivity contribution in [3.05, 3.63) is 158 Å². The fourth-order valence-electron chi connectivity index (χ4n) is 7.54. The second-order valence-corrected chi connectivity index (χ2v) is 12.0. The van der Waals surface area contributed by atoms with Crippen LogP contribution in [0.3, 0.4) is 0 Å². The summed E-state index contributed by atoms with van der Waals surface area (Å²) in [6.45, 7) is 0. The number of hydrogen-bond donors (Lipinski definition) is 0. The summed E-state index contributed by atoms with van der Waals surface area (Å²) >= 11 is 0. The Labute approximate surface area is 264 Å². The van der Waals surface area contributed by atoms with E-state index in [9.17, 15) is 0 Å². The summed E-state index contributed by atoms with van der Waals surface area (Å²) in [5.74, 6) is 0. The fourth-order valence-corrected chi connectivity index (χ4v) is 7.54. The van der Waals surface area contributed by atoms with Crippen LogP contribution in [0.15, 0.2) is 167 Å². The molecule has 46 heavy (non-hydrogen) atoms. The molecule has 0 bridgehead atoms. The Morgan fingerprint density at radius 3 is 1.65 bits per heavy atom. The summed E-state index contributed by atoms with van der Waals surface area (Å²) in [7, 11) is 0. The van der Waals surface area contributed by atoms with Gasteiger partial charge in [0, 0.05) is 16.8 Å². The minimum absolute atomic E-state index is 0.895. The highest BCUT2D eigenvalue weighted by Gasteiger charge is 2.25. The molecule has 0 amide bonds. The first-order chi connectivity index (χ1) is 22.8. The Morgan fingerprint density at radius 1 is 0.391 bits per heavy atom. The van der Waals surface area contributed by atoms with Gasteiger partial charge in [0.1, 0.15) is 11.0 Å². The molecular formula is C44H27O2+. The van der Waals surface area contributed by atoms with Crippen molar-refractivity contribution in [1.29, 1.82) is 0 Å². The van der Waals surface area contributed by atoms with Crippen LogP contribution in [0.25, 0.3) is 98.8 Å². The quantitative estimate of drug-likeness (QED) is 0.149. The molecule has 0 aliphatic heterocycles. The zero-order valence-corrected chi connectivity index (χ0v) is 24.9. The van der Waals surface area contributed by atoms with E-state index in [1.165, 1.54) is 43.8 Å². The largest absolute Gasteiger partial charge is 0.545 e. The van der Waals surface area contributed by atoms with Gasteiger partial charge >= 0.3 is 0 Å². The molecule has 0 atom stereocenters. The molecule has 10 aromatic rings. The smallest absolute Gasteiger partial charge is 0.280 e. The van der Waals surface area contributed by atoms with Crippen molar-refractivity contribution in [2.45, 2.75) is 0 Å². The van der Waals surface area contributed by atoms with Gasteiger partial charge in [-0.05, 0) is 73.6 Å². The molecule has 0 radical (unpaired) electrons. The zero-order chi connectivity index (χ0) is 30.2. The van der Waals surface area contributed by atoms with Crippen LogP contribution in [0.4, 0.5) is 0 Å². The number of rotatable bonds is 3. The van der Waals surface area contributed by atoms with Crippen LogP contribution >= 0.6 is 0 Å². The highest BCUT2D eigenvalue weighted by atomic mass is 16.3. The monoisotopic (exact) mass is 587 g/mol. The predicted molar refractivity (Wildman–Crippen MR) is 193 cm³/mol. The molecule has 10 rings (SSSR count). The maximum Gasteiger partial charge on any atom is 0.280 e. The lowest BCUT2D eigenvalue weighted by atomic mass is 9.85. The van der Waals surface area contributed by atoms with Gasteiger partial charge in [0.15, 0.2) is 5.58 Å². The highest BCUT2D eigenvalue weighted by molar-refractivity contribution is 6.26. The molecular weight excluding hydrogens is 560 g/mol. The molecule has 0 unspecified atom stereocenters. The van der Waals surface area contributed by atoms with Crippen molar-refractivity contribution in [2.75, 3.05) is 0 Å². The van der Waals surface area contributed by atoms with Gasteiger partial charge in [0.2, 0.25) is 0 Å². The SMILES string of the molecule is c1ccc(-c2c3ccccc3c(-c3cccc(-c4cc5c6ccccc6oc5c5c4[oH+]c4ccccc45)c3)c3ccccc23)cc1. The third-order valence-electron chi connectivity index (χ3n) is 9.50. The molecule has 0 fully saturated rings. The molecule has 2 aromatic heterocycles. The number of para-hydroxylation sites is 2. The van der Waals surface area contributed by atoms with Crippen molar-refractivity contribution < 1.29 is 8.83 Å². The van der Waals surface area contributed by atoms with Gasteiger partial charge in [-0.1, -0.05) is 127 Å². The van der Waals surface area contributed by atoms with E-state index in [1.54, 1.807) is 0 Å². The normalized spacial score (nSPS) is 11.9. The highest BCUT2D eigenvalue weighted by Crippen LogP contribution is 2.47. The number of furan rings is 2. The van der Waals surface area contributed by atoms with Gasteiger partial charge in [0.05, 0.1) is 10.9 Å². The van der Waals surface area contributed by atoms with Crippen LogP contribution < -0.4 is 0 Å². The molecule has 8 aromatic carbocycles. The lowest BCUT2D eigenvalue weighted by Gasteiger charge is -2.18. The number of fused-ring (bicyclic) bond motifs is 9. The van der Waals surface area contributed by atoms with Crippen LogP contribution in [0.1, 0.15) is 0 Å². The third kappa shape index (κ3) is 3.59. The van der Waals surface area contributed by atoms with Crippen LogP contribution in [0.5, 0.6) is 0 Å².